The van der Waals surface area contributed by atoms with Crippen LogP contribution in [0.4, 0.5) is 0 Å². The van der Waals surface area contributed by atoms with Crippen LogP contribution in [0.25, 0.3) is 0 Å². The average Bonchev–Trinajstić information content (AvgIpc) is 3.25. The van der Waals surface area contributed by atoms with Crippen LogP contribution in [0.1, 0.15) is 44.9 Å². The SMILES string of the molecule is CN1C2CCCC1CC(N1CC(=O)NC(C3CC3)C1=O)C2. The molecule has 1 aliphatic carbocycles. The van der Waals surface area contributed by atoms with Crippen LogP contribution in [0.15, 0.2) is 0 Å². The Balaban J connectivity index is 1.52. The van der Waals surface area contributed by atoms with Gasteiger partial charge in [0, 0.05) is 18.1 Å². The molecule has 3 aliphatic heterocycles. The fourth-order valence-electron chi connectivity index (χ4n) is 4.59. The molecule has 0 spiro atoms. The number of nitrogens with one attached hydrogen (secondary N) is 1. The molecule has 1 N–H and O–H groups in total. The number of amides is 2. The quantitative estimate of drug-likeness (QED) is 0.816. The highest BCUT2D eigenvalue weighted by molar-refractivity contribution is 5.95. The van der Waals surface area contributed by atoms with Crippen LogP contribution in [0.5, 0.6) is 0 Å². The van der Waals surface area contributed by atoms with Crippen molar-refractivity contribution in [1.82, 2.24) is 15.1 Å². The van der Waals surface area contributed by atoms with Crippen LogP contribution in [0, 0.1) is 5.92 Å². The van der Waals surface area contributed by atoms with Gasteiger partial charge in [0.2, 0.25) is 11.8 Å². The summed E-state index contributed by atoms with van der Waals surface area (Å²) in [5, 5.41) is 2.92. The molecule has 4 fully saturated rings. The normalized spacial score (nSPS) is 41.1. The van der Waals surface area contributed by atoms with E-state index in [1.54, 1.807) is 0 Å². The molecule has 3 unspecified atom stereocenters. The molecule has 0 aromatic rings. The van der Waals surface area contributed by atoms with Gasteiger partial charge < -0.3 is 15.1 Å². The van der Waals surface area contributed by atoms with E-state index in [4.69, 9.17) is 0 Å². The van der Waals surface area contributed by atoms with E-state index in [2.05, 4.69) is 17.3 Å². The molecular weight excluding hydrogens is 266 g/mol. The van der Waals surface area contributed by atoms with Gasteiger partial charge in [-0.2, -0.15) is 0 Å². The van der Waals surface area contributed by atoms with E-state index >= 15 is 0 Å². The van der Waals surface area contributed by atoms with E-state index in [1.165, 1.54) is 19.3 Å². The molecule has 1 saturated carbocycles. The summed E-state index contributed by atoms with van der Waals surface area (Å²) < 4.78 is 0. The number of hydrogen-bond acceptors (Lipinski definition) is 3. The molecule has 5 heteroatoms. The minimum absolute atomic E-state index is 0.0376. The first kappa shape index (κ1) is 13.6. The second kappa shape index (κ2) is 4.97. The Morgan fingerprint density at radius 2 is 1.67 bits per heavy atom. The molecule has 4 aliphatic rings. The van der Waals surface area contributed by atoms with E-state index in [-0.39, 0.29) is 30.4 Å². The van der Waals surface area contributed by atoms with E-state index in [1.807, 2.05) is 4.90 Å². The number of rotatable bonds is 2. The largest absolute Gasteiger partial charge is 0.342 e. The summed E-state index contributed by atoms with van der Waals surface area (Å²) >= 11 is 0. The minimum Gasteiger partial charge on any atom is -0.342 e. The van der Waals surface area contributed by atoms with Crippen molar-refractivity contribution in [3.63, 3.8) is 0 Å². The summed E-state index contributed by atoms with van der Waals surface area (Å²) in [5.74, 6) is 0.621. The lowest BCUT2D eigenvalue weighted by Gasteiger charge is -2.50. The number of nitrogens with zero attached hydrogens (tertiary/aromatic N) is 2. The molecule has 5 nitrogen and oxygen atoms in total. The first-order valence-corrected chi connectivity index (χ1v) is 8.45. The molecule has 0 aromatic carbocycles. The topological polar surface area (TPSA) is 52.6 Å². The zero-order chi connectivity index (χ0) is 14.6. The van der Waals surface area contributed by atoms with Crippen LogP contribution in [-0.2, 0) is 9.59 Å². The van der Waals surface area contributed by atoms with Gasteiger partial charge in [0.15, 0.2) is 0 Å². The molecule has 21 heavy (non-hydrogen) atoms. The van der Waals surface area contributed by atoms with Crippen molar-refractivity contribution in [2.24, 2.45) is 5.92 Å². The number of piperazine rings is 1. The highest BCUT2D eigenvalue weighted by atomic mass is 16.2. The van der Waals surface area contributed by atoms with Gasteiger partial charge in [-0.25, -0.2) is 0 Å². The molecule has 116 valence electrons. The van der Waals surface area contributed by atoms with Crippen molar-refractivity contribution < 1.29 is 9.59 Å². The number of fused-ring (bicyclic) bond motifs is 2. The summed E-state index contributed by atoms with van der Waals surface area (Å²) in [6, 6.07) is 1.24. The molecular formula is C16H25N3O2. The Kier molecular flexibility index (Phi) is 3.21. The maximum atomic E-state index is 12.8. The maximum absolute atomic E-state index is 12.8. The molecule has 3 heterocycles. The van der Waals surface area contributed by atoms with E-state index < -0.39 is 0 Å². The Morgan fingerprint density at radius 3 is 2.29 bits per heavy atom. The second-order valence-corrected chi connectivity index (χ2v) is 7.38. The predicted molar refractivity (Wildman–Crippen MR) is 78.6 cm³/mol. The van der Waals surface area contributed by atoms with Crippen LogP contribution in [0.2, 0.25) is 0 Å². The molecule has 2 amide bonds. The van der Waals surface area contributed by atoms with Crippen molar-refractivity contribution in [3.05, 3.63) is 0 Å². The van der Waals surface area contributed by atoms with Crippen LogP contribution in [0.3, 0.4) is 0 Å². The first-order chi connectivity index (χ1) is 10.1. The average molecular weight is 291 g/mol. The lowest BCUT2D eigenvalue weighted by molar-refractivity contribution is -0.149. The molecule has 0 aromatic heterocycles. The predicted octanol–water partition coefficient (Wildman–Crippen LogP) is 0.739. The fourth-order valence-corrected chi connectivity index (χ4v) is 4.59. The Labute approximate surface area is 126 Å². The van der Waals surface area contributed by atoms with Gasteiger partial charge in [-0.15, -0.1) is 0 Å². The fraction of sp³-hybridized carbons (Fsp3) is 0.875. The van der Waals surface area contributed by atoms with Gasteiger partial charge in [0.05, 0.1) is 6.54 Å². The van der Waals surface area contributed by atoms with E-state index in [0.29, 0.717) is 18.0 Å². The maximum Gasteiger partial charge on any atom is 0.246 e. The lowest BCUT2D eigenvalue weighted by atomic mass is 9.81. The van der Waals surface area contributed by atoms with Gasteiger partial charge in [0.1, 0.15) is 6.04 Å². The molecule has 3 atom stereocenters. The monoisotopic (exact) mass is 291 g/mol. The highest BCUT2D eigenvalue weighted by Crippen LogP contribution is 2.38. The van der Waals surface area contributed by atoms with Gasteiger partial charge >= 0.3 is 0 Å². The summed E-state index contributed by atoms with van der Waals surface area (Å²) in [7, 11) is 2.22. The zero-order valence-corrected chi connectivity index (χ0v) is 12.8. The smallest absolute Gasteiger partial charge is 0.246 e. The second-order valence-electron chi connectivity index (χ2n) is 7.38. The van der Waals surface area contributed by atoms with E-state index in [9.17, 15) is 9.59 Å². The van der Waals surface area contributed by atoms with Crippen molar-refractivity contribution in [2.75, 3.05) is 13.6 Å². The van der Waals surface area contributed by atoms with E-state index in [0.717, 1.165) is 25.7 Å². The Morgan fingerprint density at radius 1 is 1.00 bits per heavy atom. The zero-order valence-electron chi connectivity index (χ0n) is 12.8. The van der Waals surface area contributed by atoms with Crippen LogP contribution in [-0.4, -0.2) is 59.4 Å². The third kappa shape index (κ3) is 2.35. The van der Waals surface area contributed by atoms with Gasteiger partial charge in [-0.05, 0) is 51.5 Å². The van der Waals surface area contributed by atoms with Crippen LogP contribution < -0.4 is 5.32 Å². The number of carbonyl (C=O) groups excluding carboxylic acids is 2. The third-order valence-corrected chi connectivity index (χ3v) is 6.03. The van der Waals surface area contributed by atoms with Crippen molar-refractivity contribution in [1.29, 1.82) is 0 Å². The summed E-state index contributed by atoms with van der Waals surface area (Å²) in [6.07, 6.45) is 8.05. The van der Waals surface area contributed by atoms with Gasteiger partial charge in [-0.3, -0.25) is 9.59 Å². The molecule has 0 radical (unpaired) electrons. The lowest BCUT2D eigenvalue weighted by Crippen LogP contribution is -2.64. The molecule has 4 rings (SSSR count). The number of hydrogen-bond donors (Lipinski definition) is 1. The first-order valence-electron chi connectivity index (χ1n) is 8.45. The van der Waals surface area contributed by atoms with Crippen molar-refractivity contribution in [3.8, 4) is 0 Å². The Hall–Kier alpha value is -1.10. The highest BCUT2D eigenvalue weighted by Gasteiger charge is 2.47. The number of piperidine rings is 2. The molecule has 3 saturated heterocycles. The van der Waals surface area contributed by atoms with Gasteiger partial charge in [-0.1, -0.05) is 6.42 Å². The number of carbonyl (C=O) groups is 2. The molecule has 2 bridgehead atoms. The van der Waals surface area contributed by atoms with Crippen LogP contribution >= 0.6 is 0 Å². The summed E-state index contributed by atoms with van der Waals surface area (Å²) in [5.41, 5.74) is 0. The van der Waals surface area contributed by atoms with Crippen molar-refractivity contribution >= 4 is 11.8 Å². The standard InChI is InChI=1S/C16H25N3O2/c1-18-11-3-2-4-12(18)8-13(7-11)19-9-14(20)17-15(16(19)21)10-5-6-10/h10-13,15H,2-9H2,1H3,(H,17,20). The van der Waals surface area contributed by atoms with Crippen molar-refractivity contribution in [2.45, 2.75) is 69.1 Å². The third-order valence-electron chi connectivity index (χ3n) is 6.03. The summed E-state index contributed by atoms with van der Waals surface area (Å²) in [4.78, 5) is 29.2. The van der Waals surface area contributed by atoms with Gasteiger partial charge in [0.25, 0.3) is 0 Å². The Bertz CT molecular complexity index is 448. The minimum atomic E-state index is -0.231. The summed E-state index contributed by atoms with van der Waals surface area (Å²) in [6.45, 7) is 0.274.